The van der Waals surface area contributed by atoms with Crippen LogP contribution in [0.1, 0.15) is 42.5 Å². The minimum Gasteiger partial charge on any atom is -0.457 e. The summed E-state index contributed by atoms with van der Waals surface area (Å²) >= 11 is 17.5. The van der Waals surface area contributed by atoms with Gasteiger partial charge in [-0.2, -0.15) is 0 Å². The molecule has 0 bridgehead atoms. The molecule has 0 saturated heterocycles. The first kappa shape index (κ1) is 29.1. The first-order valence-electron chi connectivity index (χ1n) is 12.4. The van der Waals surface area contributed by atoms with E-state index in [4.69, 9.17) is 39.8 Å². The third-order valence-corrected chi connectivity index (χ3v) is 6.60. The van der Waals surface area contributed by atoms with E-state index in [1.807, 2.05) is 24.3 Å². The van der Waals surface area contributed by atoms with Gasteiger partial charge in [0.25, 0.3) is 5.91 Å². The fourth-order valence-corrected chi connectivity index (χ4v) is 4.47. The van der Waals surface area contributed by atoms with Gasteiger partial charge in [-0.25, -0.2) is 0 Å². The third kappa shape index (κ3) is 7.82. The molecule has 0 aliphatic rings. The van der Waals surface area contributed by atoms with Crippen molar-refractivity contribution in [2.75, 3.05) is 10.6 Å². The fraction of sp³-hybridized carbons (Fsp3) is 0.129. The molecular formula is C31H27Cl2N3O3S. The quantitative estimate of drug-likeness (QED) is 0.155. The number of benzene rings is 3. The molecule has 0 radical (unpaired) electrons. The molecule has 0 unspecified atom stereocenters. The average molecular weight is 593 g/mol. The van der Waals surface area contributed by atoms with Crippen molar-refractivity contribution in [2.45, 2.75) is 26.2 Å². The summed E-state index contributed by atoms with van der Waals surface area (Å²) in [7, 11) is 0. The van der Waals surface area contributed by atoms with Crippen LogP contribution in [0.15, 0.2) is 89.4 Å². The van der Waals surface area contributed by atoms with Gasteiger partial charge in [0.1, 0.15) is 11.5 Å². The second-order valence-corrected chi connectivity index (χ2v) is 11.2. The van der Waals surface area contributed by atoms with Crippen LogP contribution in [-0.4, -0.2) is 16.9 Å². The van der Waals surface area contributed by atoms with Gasteiger partial charge < -0.3 is 15.1 Å². The number of amides is 2. The van der Waals surface area contributed by atoms with E-state index in [-0.39, 0.29) is 16.4 Å². The largest absolute Gasteiger partial charge is 0.457 e. The van der Waals surface area contributed by atoms with Crippen LogP contribution in [0.2, 0.25) is 10.0 Å². The van der Waals surface area contributed by atoms with Crippen LogP contribution in [0.25, 0.3) is 17.4 Å². The molecule has 4 rings (SSSR count). The number of furan rings is 1. The lowest BCUT2D eigenvalue weighted by molar-refractivity contribution is -0.115. The first-order chi connectivity index (χ1) is 19.0. The highest BCUT2D eigenvalue weighted by atomic mass is 35.5. The fourth-order valence-electron chi connectivity index (χ4n) is 3.75. The highest BCUT2D eigenvalue weighted by Gasteiger charge is 2.15. The van der Waals surface area contributed by atoms with Gasteiger partial charge >= 0.3 is 0 Å². The molecule has 40 heavy (non-hydrogen) atoms. The molecule has 9 heteroatoms. The molecule has 204 valence electrons. The number of halogens is 2. The Morgan fingerprint density at radius 3 is 2.25 bits per heavy atom. The number of nitrogens with one attached hydrogen (secondary N) is 3. The van der Waals surface area contributed by atoms with Crippen molar-refractivity contribution in [3.05, 3.63) is 112 Å². The number of hydrogen-bond acceptors (Lipinski definition) is 4. The van der Waals surface area contributed by atoms with Crippen molar-refractivity contribution in [1.29, 1.82) is 0 Å². The van der Waals surface area contributed by atoms with Crippen molar-refractivity contribution in [2.24, 2.45) is 0 Å². The summed E-state index contributed by atoms with van der Waals surface area (Å²) < 4.78 is 5.76. The third-order valence-electron chi connectivity index (χ3n) is 5.85. The van der Waals surface area contributed by atoms with E-state index in [2.05, 4.69) is 36.7 Å². The van der Waals surface area contributed by atoms with Crippen LogP contribution < -0.4 is 16.0 Å². The van der Waals surface area contributed by atoms with Gasteiger partial charge in [0, 0.05) is 33.6 Å². The number of anilines is 2. The summed E-state index contributed by atoms with van der Waals surface area (Å²) in [5.74, 6) is 0.348. The maximum atomic E-state index is 12.7. The van der Waals surface area contributed by atoms with E-state index in [0.29, 0.717) is 44.1 Å². The molecule has 0 saturated carbocycles. The minimum atomic E-state index is -0.442. The van der Waals surface area contributed by atoms with Crippen molar-refractivity contribution in [1.82, 2.24) is 5.32 Å². The predicted octanol–water partition coefficient (Wildman–Crippen LogP) is 8.33. The lowest BCUT2D eigenvalue weighted by Gasteiger charge is -2.19. The molecule has 2 amide bonds. The lowest BCUT2D eigenvalue weighted by atomic mass is 9.87. The Bertz CT molecular complexity index is 1590. The number of hydrogen-bond donors (Lipinski definition) is 3. The van der Waals surface area contributed by atoms with Crippen molar-refractivity contribution in [3.63, 3.8) is 0 Å². The monoisotopic (exact) mass is 591 g/mol. The molecule has 0 atom stereocenters. The Hall–Kier alpha value is -3.91. The summed E-state index contributed by atoms with van der Waals surface area (Å²) in [6.45, 7) is 6.37. The average Bonchev–Trinajstić information content (AvgIpc) is 3.36. The first-order valence-corrected chi connectivity index (χ1v) is 13.5. The van der Waals surface area contributed by atoms with E-state index in [1.54, 1.807) is 54.6 Å². The second kappa shape index (κ2) is 12.5. The zero-order valence-electron chi connectivity index (χ0n) is 22.0. The van der Waals surface area contributed by atoms with Crippen LogP contribution >= 0.6 is 35.4 Å². The summed E-state index contributed by atoms with van der Waals surface area (Å²) in [5, 5.41) is 9.51. The zero-order chi connectivity index (χ0) is 28.9. The molecule has 0 aliphatic carbocycles. The summed E-state index contributed by atoms with van der Waals surface area (Å²) in [6, 6.07) is 23.2. The predicted molar refractivity (Wildman–Crippen MR) is 167 cm³/mol. The van der Waals surface area contributed by atoms with E-state index in [9.17, 15) is 9.59 Å². The molecule has 3 N–H and O–H groups in total. The Kier molecular flexibility index (Phi) is 9.10. The smallest absolute Gasteiger partial charge is 0.255 e. The van der Waals surface area contributed by atoms with Gasteiger partial charge in [0.2, 0.25) is 5.91 Å². The van der Waals surface area contributed by atoms with Gasteiger partial charge in [-0.15, -0.1) is 0 Å². The summed E-state index contributed by atoms with van der Waals surface area (Å²) in [5.41, 5.74) is 3.59. The molecular weight excluding hydrogens is 565 g/mol. The molecule has 0 spiro atoms. The summed E-state index contributed by atoms with van der Waals surface area (Å²) in [4.78, 5) is 25.1. The van der Waals surface area contributed by atoms with Gasteiger partial charge in [-0.3, -0.25) is 14.9 Å². The Morgan fingerprint density at radius 1 is 0.875 bits per heavy atom. The molecule has 0 fully saturated rings. The number of carbonyl (C=O) groups excluding carboxylic acids is 2. The van der Waals surface area contributed by atoms with E-state index in [1.165, 1.54) is 12.2 Å². The second-order valence-electron chi connectivity index (χ2n) is 9.97. The van der Waals surface area contributed by atoms with Gasteiger partial charge in [-0.05, 0) is 89.9 Å². The molecule has 0 aliphatic heterocycles. The van der Waals surface area contributed by atoms with Gasteiger partial charge in [0.15, 0.2) is 5.11 Å². The van der Waals surface area contributed by atoms with Crippen LogP contribution in [0.3, 0.4) is 0 Å². The Morgan fingerprint density at radius 2 is 1.57 bits per heavy atom. The van der Waals surface area contributed by atoms with Crippen molar-refractivity contribution in [3.8, 4) is 11.3 Å². The minimum absolute atomic E-state index is 0.00767. The van der Waals surface area contributed by atoms with E-state index >= 15 is 0 Å². The van der Waals surface area contributed by atoms with E-state index in [0.717, 1.165) is 5.56 Å². The van der Waals surface area contributed by atoms with Crippen molar-refractivity contribution >= 4 is 69.8 Å². The topological polar surface area (TPSA) is 83.4 Å². The normalized spacial score (nSPS) is 11.3. The highest BCUT2D eigenvalue weighted by Crippen LogP contribution is 2.31. The molecule has 3 aromatic carbocycles. The number of rotatable bonds is 6. The van der Waals surface area contributed by atoms with Crippen LogP contribution in [0, 0.1) is 0 Å². The summed E-state index contributed by atoms with van der Waals surface area (Å²) in [6.07, 6.45) is 2.83. The maximum absolute atomic E-state index is 12.7. The Balaban J connectivity index is 1.31. The number of thiocarbonyl (C=S) groups is 1. The molecule has 1 aromatic heterocycles. The number of carbonyl (C=O) groups is 2. The van der Waals surface area contributed by atoms with E-state index < -0.39 is 5.91 Å². The van der Waals surface area contributed by atoms with Crippen molar-refractivity contribution < 1.29 is 14.0 Å². The van der Waals surface area contributed by atoms with Gasteiger partial charge in [-0.1, -0.05) is 62.2 Å². The SMILES string of the molecule is CC(C)(C)c1ccc(C(=O)Nc2cccc(NC(=S)NC(=O)/C=C/c3ccc(-c4ccc(Cl)cc4Cl)o3)c2)cc1. The molecule has 4 aromatic rings. The lowest BCUT2D eigenvalue weighted by Crippen LogP contribution is -2.32. The van der Waals surface area contributed by atoms with Crippen LogP contribution in [0.4, 0.5) is 11.4 Å². The Labute approximate surface area is 248 Å². The van der Waals surface area contributed by atoms with Crippen LogP contribution in [-0.2, 0) is 10.2 Å². The maximum Gasteiger partial charge on any atom is 0.255 e. The highest BCUT2D eigenvalue weighted by molar-refractivity contribution is 7.80. The molecule has 6 nitrogen and oxygen atoms in total. The molecule has 1 heterocycles. The zero-order valence-corrected chi connectivity index (χ0v) is 24.4. The van der Waals surface area contributed by atoms with Gasteiger partial charge in [0.05, 0.1) is 5.02 Å². The van der Waals surface area contributed by atoms with Crippen LogP contribution in [0.5, 0.6) is 0 Å². The standard InChI is InChI=1S/C31H27Cl2N3O3S/c1-31(2,3)20-9-7-19(8-10-20)29(38)34-22-5-4-6-23(18-22)35-30(40)36-28(37)16-13-24-12-15-27(39-24)25-14-11-21(32)17-26(25)33/h4-18H,1-3H3,(H,34,38)(H2,35,36,37,40)/b16-13+.